The second-order valence-corrected chi connectivity index (χ2v) is 5.34. The van der Waals surface area contributed by atoms with Gasteiger partial charge in [-0.3, -0.25) is 0 Å². The zero-order valence-electron chi connectivity index (χ0n) is 12.7. The van der Waals surface area contributed by atoms with E-state index in [2.05, 4.69) is 4.98 Å². The Kier molecular flexibility index (Phi) is 5.08. The maximum Gasteiger partial charge on any atom is 0.341 e. The molecule has 24 heavy (non-hydrogen) atoms. The van der Waals surface area contributed by atoms with Gasteiger partial charge >= 0.3 is 5.97 Å². The zero-order chi connectivity index (χ0) is 16.8. The number of ether oxygens (including phenoxy) is 2. The number of benzene rings is 2. The fraction of sp³-hybridized carbons (Fsp3) is 0.0526. The first-order chi connectivity index (χ1) is 11.7. The summed E-state index contributed by atoms with van der Waals surface area (Å²) in [5, 5.41) is 0.128. The van der Waals surface area contributed by atoms with Crippen molar-refractivity contribution in [1.29, 1.82) is 0 Å². The molecule has 0 bridgehead atoms. The molecule has 1 aromatic heterocycles. The van der Waals surface area contributed by atoms with Gasteiger partial charge in [0.15, 0.2) is 0 Å². The smallest absolute Gasteiger partial charge is 0.341 e. The third-order valence-corrected chi connectivity index (χ3v) is 3.53. The van der Waals surface area contributed by atoms with Gasteiger partial charge in [0.1, 0.15) is 23.3 Å². The molecule has 1 heterocycles. The minimum atomic E-state index is -0.512. The summed E-state index contributed by atoms with van der Waals surface area (Å²) in [7, 11) is 0. The second-order valence-electron chi connectivity index (χ2n) is 4.98. The van der Waals surface area contributed by atoms with Crippen molar-refractivity contribution in [3.8, 4) is 11.5 Å². The standard InChI is InChI=1S/C19H14ClNO3/c20-18-17(10-5-11-21-18)19(22)23-13-14-6-4-9-16(12-14)24-15-7-2-1-3-8-15/h1-12H,13H2. The van der Waals surface area contributed by atoms with E-state index in [1.54, 1.807) is 12.1 Å². The number of carbonyl (C=O) groups excluding carboxylic acids is 1. The first-order valence-electron chi connectivity index (χ1n) is 7.32. The summed E-state index contributed by atoms with van der Waals surface area (Å²) in [4.78, 5) is 15.9. The van der Waals surface area contributed by atoms with Crippen molar-refractivity contribution in [2.24, 2.45) is 0 Å². The quantitative estimate of drug-likeness (QED) is 0.491. The fourth-order valence-electron chi connectivity index (χ4n) is 2.09. The summed E-state index contributed by atoms with van der Waals surface area (Å²) < 4.78 is 11.0. The molecule has 0 fully saturated rings. The number of esters is 1. The first-order valence-corrected chi connectivity index (χ1v) is 7.69. The number of hydrogen-bond donors (Lipinski definition) is 0. The Labute approximate surface area is 144 Å². The van der Waals surface area contributed by atoms with Gasteiger partial charge in [-0.25, -0.2) is 9.78 Å². The highest BCUT2D eigenvalue weighted by molar-refractivity contribution is 6.32. The maximum atomic E-state index is 12.0. The van der Waals surface area contributed by atoms with Crippen LogP contribution in [0.1, 0.15) is 15.9 Å². The third-order valence-electron chi connectivity index (χ3n) is 3.23. The summed E-state index contributed by atoms with van der Waals surface area (Å²) in [6, 6.07) is 20.1. The predicted octanol–water partition coefficient (Wildman–Crippen LogP) is 4.88. The molecule has 0 aliphatic rings. The molecule has 0 atom stereocenters. The highest BCUT2D eigenvalue weighted by Crippen LogP contribution is 2.22. The molecule has 0 spiro atoms. The molecule has 3 rings (SSSR count). The number of halogens is 1. The molecule has 4 nitrogen and oxygen atoms in total. The van der Waals surface area contributed by atoms with Gasteiger partial charge in [0.05, 0.1) is 5.56 Å². The van der Waals surface area contributed by atoms with Crippen LogP contribution in [0.4, 0.5) is 0 Å². The van der Waals surface area contributed by atoms with Gasteiger partial charge in [-0.05, 0) is 42.0 Å². The predicted molar refractivity (Wildman–Crippen MR) is 91.3 cm³/mol. The molecular formula is C19H14ClNO3. The molecule has 0 amide bonds. The van der Waals surface area contributed by atoms with Gasteiger partial charge in [-0.2, -0.15) is 0 Å². The van der Waals surface area contributed by atoms with Gasteiger partial charge in [-0.15, -0.1) is 0 Å². The molecule has 0 aliphatic carbocycles. The Morgan fingerprint density at radius 1 is 0.958 bits per heavy atom. The Balaban J connectivity index is 1.65. The zero-order valence-corrected chi connectivity index (χ0v) is 13.4. The van der Waals surface area contributed by atoms with Crippen LogP contribution in [0.2, 0.25) is 5.15 Å². The number of rotatable bonds is 5. The molecule has 0 saturated carbocycles. The fourth-order valence-corrected chi connectivity index (χ4v) is 2.28. The summed E-state index contributed by atoms with van der Waals surface area (Å²) in [5.74, 6) is 0.908. The van der Waals surface area contributed by atoms with E-state index in [1.165, 1.54) is 6.20 Å². The summed E-state index contributed by atoms with van der Waals surface area (Å²) in [5.41, 5.74) is 1.06. The van der Waals surface area contributed by atoms with Gasteiger partial charge in [0, 0.05) is 6.20 Å². The number of carbonyl (C=O) groups is 1. The van der Waals surface area contributed by atoms with Crippen LogP contribution in [0.5, 0.6) is 11.5 Å². The van der Waals surface area contributed by atoms with Crippen molar-refractivity contribution in [2.75, 3.05) is 0 Å². The Morgan fingerprint density at radius 3 is 2.54 bits per heavy atom. The molecule has 0 radical (unpaired) electrons. The van der Waals surface area contributed by atoms with E-state index in [-0.39, 0.29) is 17.3 Å². The number of para-hydroxylation sites is 1. The van der Waals surface area contributed by atoms with Gasteiger partial charge in [0.25, 0.3) is 0 Å². The molecule has 2 aromatic carbocycles. The molecule has 0 N–H and O–H groups in total. The molecule has 3 aromatic rings. The van der Waals surface area contributed by atoms with Crippen LogP contribution in [0.3, 0.4) is 0 Å². The van der Waals surface area contributed by atoms with Crippen molar-refractivity contribution in [1.82, 2.24) is 4.98 Å². The van der Waals surface area contributed by atoms with Crippen LogP contribution in [-0.2, 0) is 11.3 Å². The number of hydrogen-bond acceptors (Lipinski definition) is 4. The number of nitrogens with zero attached hydrogens (tertiary/aromatic N) is 1. The lowest BCUT2D eigenvalue weighted by atomic mass is 10.2. The normalized spacial score (nSPS) is 10.2. The van der Waals surface area contributed by atoms with Crippen molar-refractivity contribution >= 4 is 17.6 Å². The lowest BCUT2D eigenvalue weighted by Crippen LogP contribution is -2.06. The van der Waals surface area contributed by atoms with E-state index < -0.39 is 5.97 Å². The molecule has 120 valence electrons. The van der Waals surface area contributed by atoms with E-state index in [0.29, 0.717) is 5.75 Å². The average molecular weight is 340 g/mol. The van der Waals surface area contributed by atoms with E-state index in [0.717, 1.165) is 11.3 Å². The maximum absolute atomic E-state index is 12.0. The summed E-state index contributed by atoms with van der Waals surface area (Å²) >= 11 is 5.88. The minimum absolute atomic E-state index is 0.121. The lowest BCUT2D eigenvalue weighted by molar-refractivity contribution is 0.0472. The summed E-state index contributed by atoms with van der Waals surface area (Å²) in [6.07, 6.45) is 1.52. The Morgan fingerprint density at radius 2 is 1.75 bits per heavy atom. The third kappa shape index (κ3) is 4.12. The van der Waals surface area contributed by atoms with Crippen molar-refractivity contribution in [2.45, 2.75) is 6.61 Å². The number of pyridine rings is 1. The lowest BCUT2D eigenvalue weighted by Gasteiger charge is -2.09. The highest BCUT2D eigenvalue weighted by atomic mass is 35.5. The highest BCUT2D eigenvalue weighted by Gasteiger charge is 2.12. The van der Waals surface area contributed by atoms with E-state index in [1.807, 2.05) is 54.6 Å². The SMILES string of the molecule is O=C(OCc1cccc(Oc2ccccc2)c1)c1cccnc1Cl. The summed E-state index contributed by atoms with van der Waals surface area (Å²) in [6.45, 7) is 0.121. The van der Waals surface area contributed by atoms with E-state index in [9.17, 15) is 4.79 Å². The van der Waals surface area contributed by atoms with Crippen LogP contribution in [0.15, 0.2) is 72.9 Å². The Bertz CT molecular complexity index is 837. The van der Waals surface area contributed by atoms with Crippen LogP contribution >= 0.6 is 11.6 Å². The molecule has 0 unspecified atom stereocenters. The van der Waals surface area contributed by atoms with E-state index in [4.69, 9.17) is 21.1 Å². The van der Waals surface area contributed by atoms with Crippen LogP contribution < -0.4 is 4.74 Å². The van der Waals surface area contributed by atoms with Gasteiger partial charge < -0.3 is 9.47 Å². The van der Waals surface area contributed by atoms with Crippen molar-refractivity contribution < 1.29 is 14.3 Å². The van der Waals surface area contributed by atoms with Gasteiger partial charge in [-0.1, -0.05) is 41.9 Å². The monoisotopic (exact) mass is 339 g/mol. The molecular weight excluding hydrogens is 326 g/mol. The van der Waals surface area contributed by atoms with Crippen molar-refractivity contribution in [3.05, 3.63) is 89.2 Å². The minimum Gasteiger partial charge on any atom is -0.457 e. The molecule has 0 aliphatic heterocycles. The molecule has 0 saturated heterocycles. The second kappa shape index (κ2) is 7.62. The van der Waals surface area contributed by atoms with Crippen LogP contribution in [0.25, 0.3) is 0 Å². The molecule has 5 heteroatoms. The Hall–Kier alpha value is -2.85. The first kappa shape index (κ1) is 16.0. The topological polar surface area (TPSA) is 48.4 Å². The largest absolute Gasteiger partial charge is 0.457 e. The van der Waals surface area contributed by atoms with E-state index >= 15 is 0 Å². The number of aromatic nitrogens is 1. The van der Waals surface area contributed by atoms with Crippen LogP contribution in [0, 0.1) is 0 Å². The van der Waals surface area contributed by atoms with Gasteiger partial charge in [0.2, 0.25) is 0 Å². The van der Waals surface area contributed by atoms with Crippen molar-refractivity contribution in [3.63, 3.8) is 0 Å². The van der Waals surface area contributed by atoms with Crippen LogP contribution in [-0.4, -0.2) is 11.0 Å². The average Bonchev–Trinajstić information content (AvgIpc) is 2.61.